The first kappa shape index (κ1) is 23.7. The summed E-state index contributed by atoms with van der Waals surface area (Å²) in [5.74, 6) is -1.20. The van der Waals surface area contributed by atoms with Crippen LogP contribution in [0.1, 0.15) is 39.1 Å². The lowest BCUT2D eigenvalue weighted by molar-refractivity contribution is -0.137. The zero-order chi connectivity index (χ0) is 23.6. The first-order valence-electron chi connectivity index (χ1n) is 9.75. The molecule has 0 saturated carbocycles. The molecule has 2 aromatic carbocycles. The number of rotatable bonds is 7. The van der Waals surface area contributed by atoms with Gasteiger partial charge in [0, 0.05) is 17.5 Å². The summed E-state index contributed by atoms with van der Waals surface area (Å²) in [6.07, 6.45) is -4.34. The number of hydrogen-bond donors (Lipinski definition) is 1. The number of aromatic nitrogens is 1. The molecule has 32 heavy (non-hydrogen) atoms. The van der Waals surface area contributed by atoms with Crippen LogP contribution in [0, 0.1) is 26.6 Å². The Morgan fingerprint density at radius 3 is 2.47 bits per heavy atom. The Morgan fingerprint density at radius 2 is 1.84 bits per heavy atom. The average molecular weight is 467 g/mol. The number of carboxylic acids is 1. The lowest BCUT2D eigenvalue weighted by Crippen LogP contribution is -2.09. The van der Waals surface area contributed by atoms with Crippen molar-refractivity contribution in [1.29, 1.82) is 0 Å². The summed E-state index contributed by atoms with van der Waals surface area (Å²) in [4.78, 5) is 9.90. The van der Waals surface area contributed by atoms with E-state index in [1.54, 1.807) is 39.0 Å². The van der Waals surface area contributed by atoms with Gasteiger partial charge in [0.05, 0.1) is 5.69 Å². The van der Waals surface area contributed by atoms with Crippen LogP contribution in [0.15, 0.2) is 30.3 Å². The maximum Gasteiger partial charge on any atom is 0.427 e. The molecule has 9 heteroatoms. The van der Waals surface area contributed by atoms with Gasteiger partial charge in [0.2, 0.25) is 0 Å². The van der Waals surface area contributed by atoms with Crippen molar-refractivity contribution in [3.8, 4) is 17.0 Å². The Hall–Kier alpha value is -2.94. The van der Waals surface area contributed by atoms with Gasteiger partial charge in [0.25, 0.3) is 0 Å². The van der Waals surface area contributed by atoms with Crippen molar-refractivity contribution < 1.29 is 32.2 Å². The van der Waals surface area contributed by atoms with Gasteiger partial charge < -0.3 is 9.84 Å². The highest BCUT2D eigenvalue weighted by Gasteiger charge is 2.38. The van der Waals surface area contributed by atoms with Gasteiger partial charge in [-0.2, -0.15) is 17.5 Å². The van der Waals surface area contributed by atoms with Gasteiger partial charge in [0.1, 0.15) is 23.1 Å². The second-order valence-electron chi connectivity index (χ2n) is 7.48. The van der Waals surface area contributed by atoms with Crippen LogP contribution in [-0.4, -0.2) is 15.4 Å². The number of carbonyl (C=O) groups is 1. The van der Waals surface area contributed by atoms with E-state index in [0.29, 0.717) is 23.3 Å². The maximum atomic E-state index is 14.5. The van der Waals surface area contributed by atoms with Crippen LogP contribution in [0.5, 0.6) is 5.75 Å². The van der Waals surface area contributed by atoms with Crippen molar-refractivity contribution in [1.82, 2.24) is 4.37 Å². The van der Waals surface area contributed by atoms with E-state index in [-0.39, 0.29) is 34.8 Å². The van der Waals surface area contributed by atoms with Crippen LogP contribution in [0.25, 0.3) is 11.3 Å². The minimum atomic E-state index is -4.65. The van der Waals surface area contributed by atoms with Gasteiger partial charge in [-0.1, -0.05) is 12.1 Å². The minimum Gasteiger partial charge on any atom is -0.488 e. The van der Waals surface area contributed by atoms with E-state index in [4.69, 9.17) is 9.84 Å². The SMILES string of the molecule is Cc1ccc(-c2nsc(C(F)(F)F)c2COc2ccc(CCC(=O)O)c(C)c2C)c(F)c1. The van der Waals surface area contributed by atoms with E-state index < -0.39 is 29.4 Å². The molecule has 170 valence electrons. The normalized spacial score (nSPS) is 11.6. The zero-order valence-electron chi connectivity index (χ0n) is 17.6. The summed E-state index contributed by atoms with van der Waals surface area (Å²) in [5.41, 5.74) is 2.65. The fourth-order valence-corrected chi connectivity index (χ4v) is 4.12. The molecule has 0 aliphatic rings. The Morgan fingerprint density at radius 1 is 1.12 bits per heavy atom. The van der Waals surface area contributed by atoms with Gasteiger partial charge in [-0.25, -0.2) is 4.39 Å². The quantitative estimate of drug-likeness (QED) is 0.404. The smallest absolute Gasteiger partial charge is 0.427 e. The van der Waals surface area contributed by atoms with E-state index >= 15 is 0 Å². The van der Waals surface area contributed by atoms with Crippen LogP contribution >= 0.6 is 11.5 Å². The molecular weight excluding hydrogens is 446 g/mol. The molecule has 0 bridgehead atoms. The molecule has 0 aliphatic carbocycles. The number of aliphatic carboxylic acids is 1. The van der Waals surface area contributed by atoms with E-state index in [2.05, 4.69) is 4.37 Å². The summed E-state index contributed by atoms with van der Waals surface area (Å²) in [6.45, 7) is 4.80. The molecule has 0 spiro atoms. The highest BCUT2D eigenvalue weighted by atomic mass is 32.1. The Labute approximate surface area is 186 Å². The third-order valence-corrected chi connectivity index (χ3v) is 6.19. The topological polar surface area (TPSA) is 59.4 Å². The number of nitrogens with zero attached hydrogens (tertiary/aromatic N) is 1. The highest BCUT2D eigenvalue weighted by Crippen LogP contribution is 2.41. The largest absolute Gasteiger partial charge is 0.488 e. The molecule has 1 aromatic heterocycles. The average Bonchev–Trinajstić information content (AvgIpc) is 3.12. The molecule has 0 unspecified atom stereocenters. The van der Waals surface area contributed by atoms with Crippen LogP contribution < -0.4 is 4.74 Å². The number of ether oxygens (including phenoxy) is 1. The van der Waals surface area contributed by atoms with Crippen molar-refractivity contribution >= 4 is 17.5 Å². The van der Waals surface area contributed by atoms with E-state index in [1.165, 1.54) is 12.1 Å². The molecule has 0 radical (unpaired) electrons. The second kappa shape index (κ2) is 9.28. The minimum absolute atomic E-state index is 0.0159. The lowest BCUT2D eigenvalue weighted by Gasteiger charge is -2.16. The van der Waals surface area contributed by atoms with Gasteiger partial charge in [-0.15, -0.1) is 0 Å². The number of hydrogen-bond acceptors (Lipinski definition) is 4. The summed E-state index contributed by atoms with van der Waals surface area (Å²) in [6, 6.07) is 7.58. The fraction of sp³-hybridized carbons (Fsp3) is 0.304. The second-order valence-corrected chi connectivity index (χ2v) is 8.25. The van der Waals surface area contributed by atoms with Crippen molar-refractivity contribution in [3.63, 3.8) is 0 Å². The van der Waals surface area contributed by atoms with Crippen LogP contribution in [0.4, 0.5) is 17.6 Å². The fourth-order valence-electron chi connectivity index (χ4n) is 3.36. The molecule has 0 amide bonds. The first-order chi connectivity index (χ1) is 15.0. The van der Waals surface area contributed by atoms with Gasteiger partial charge >= 0.3 is 12.1 Å². The standard InChI is InChI=1S/C23H21F4NO3S/c1-12-4-7-16(18(24)10-12)21-17(22(32-28-21)23(25,26)27)11-31-19-8-5-15(6-9-20(29)30)13(2)14(19)3/h4-5,7-8,10H,6,9,11H2,1-3H3,(H,29,30). The third kappa shape index (κ3) is 5.09. The Balaban J connectivity index is 1.94. The summed E-state index contributed by atoms with van der Waals surface area (Å²) in [5, 5.41) is 8.88. The Kier molecular flexibility index (Phi) is 6.88. The molecular formula is C23H21F4NO3S. The number of halogens is 4. The van der Waals surface area contributed by atoms with Gasteiger partial charge in [-0.05, 0) is 79.2 Å². The van der Waals surface area contributed by atoms with Crippen molar-refractivity contribution in [2.45, 2.75) is 46.4 Å². The number of aryl methyl sites for hydroxylation is 2. The third-order valence-electron chi connectivity index (χ3n) is 5.26. The van der Waals surface area contributed by atoms with Crippen LogP contribution in [-0.2, 0) is 24.0 Å². The summed E-state index contributed by atoms with van der Waals surface area (Å²) in [7, 11) is 0. The number of benzene rings is 2. The zero-order valence-corrected chi connectivity index (χ0v) is 18.5. The molecule has 0 atom stereocenters. The highest BCUT2D eigenvalue weighted by molar-refractivity contribution is 7.06. The molecule has 1 heterocycles. The molecule has 0 saturated heterocycles. The molecule has 4 nitrogen and oxygen atoms in total. The molecule has 1 N–H and O–H groups in total. The van der Waals surface area contributed by atoms with Gasteiger partial charge in [-0.3, -0.25) is 4.79 Å². The molecule has 0 aliphatic heterocycles. The predicted octanol–water partition coefficient (Wildman–Crippen LogP) is 6.49. The lowest BCUT2D eigenvalue weighted by atomic mass is 9.99. The van der Waals surface area contributed by atoms with Gasteiger partial charge in [0.15, 0.2) is 0 Å². The van der Waals surface area contributed by atoms with Crippen molar-refractivity contribution in [2.24, 2.45) is 0 Å². The van der Waals surface area contributed by atoms with E-state index in [9.17, 15) is 22.4 Å². The first-order valence-corrected chi connectivity index (χ1v) is 10.5. The molecule has 0 fully saturated rings. The van der Waals surface area contributed by atoms with Crippen LogP contribution in [0.2, 0.25) is 0 Å². The monoisotopic (exact) mass is 467 g/mol. The number of alkyl halides is 3. The van der Waals surface area contributed by atoms with E-state index in [0.717, 1.165) is 11.1 Å². The Bertz CT molecular complexity index is 1150. The number of carboxylic acid groups (broad SMARTS) is 1. The molecule has 3 rings (SSSR count). The summed E-state index contributed by atoms with van der Waals surface area (Å²) < 4.78 is 64.9. The van der Waals surface area contributed by atoms with Crippen molar-refractivity contribution in [2.75, 3.05) is 0 Å². The maximum absolute atomic E-state index is 14.5. The van der Waals surface area contributed by atoms with Crippen LogP contribution in [0.3, 0.4) is 0 Å². The molecule has 3 aromatic rings. The predicted molar refractivity (Wildman–Crippen MR) is 113 cm³/mol. The summed E-state index contributed by atoms with van der Waals surface area (Å²) >= 11 is 0.268. The van der Waals surface area contributed by atoms with E-state index in [1.807, 2.05) is 0 Å². The van der Waals surface area contributed by atoms with Crippen molar-refractivity contribution in [3.05, 3.63) is 68.8 Å².